The van der Waals surface area contributed by atoms with E-state index in [1.54, 1.807) is 0 Å². The number of amides is 2. The summed E-state index contributed by atoms with van der Waals surface area (Å²) < 4.78 is 0. The van der Waals surface area contributed by atoms with E-state index < -0.39 is 17.4 Å². The van der Waals surface area contributed by atoms with Crippen molar-refractivity contribution < 1.29 is 9.59 Å². The molecule has 6 nitrogen and oxygen atoms in total. The van der Waals surface area contributed by atoms with Crippen molar-refractivity contribution in [2.75, 3.05) is 0 Å². The third kappa shape index (κ3) is 4.06. The molecule has 30 heavy (non-hydrogen) atoms. The molecule has 2 aromatic rings. The Balaban J connectivity index is 1.91. The number of fused-ring (bicyclic) bond motifs is 1. The topological polar surface area (TPSA) is 88.2 Å². The third-order valence-electron chi connectivity index (χ3n) is 5.91. The molecule has 3 rings (SSSR count). The Morgan fingerprint density at radius 3 is 2.47 bits per heavy atom. The minimum atomic E-state index is -0.865. The van der Waals surface area contributed by atoms with E-state index in [9.17, 15) is 20.1 Å². The average molecular weight is 402 g/mol. The SMILES string of the molecule is CC[C@@H](CC(=O)N1C(=O)CC(C)(C)N1Cc1cccc2ccccc12)C(C#N)C#N. The first-order valence-corrected chi connectivity index (χ1v) is 10.2. The molecule has 1 heterocycles. The van der Waals surface area contributed by atoms with Gasteiger partial charge in [0.1, 0.15) is 5.92 Å². The van der Waals surface area contributed by atoms with Gasteiger partial charge >= 0.3 is 0 Å². The molecule has 2 aromatic carbocycles. The number of rotatable bonds is 6. The first-order valence-electron chi connectivity index (χ1n) is 10.2. The zero-order chi connectivity index (χ0) is 21.9. The van der Waals surface area contributed by atoms with Crippen LogP contribution in [0, 0.1) is 34.5 Å². The normalized spacial score (nSPS) is 17.1. The summed E-state index contributed by atoms with van der Waals surface area (Å²) in [5.41, 5.74) is 0.516. The largest absolute Gasteiger partial charge is 0.273 e. The molecule has 0 aliphatic carbocycles. The molecule has 0 N–H and O–H groups in total. The Labute approximate surface area is 177 Å². The van der Waals surface area contributed by atoms with Crippen molar-refractivity contribution in [2.24, 2.45) is 11.8 Å². The summed E-state index contributed by atoms with van der Waals surface area (Å²) in [4.78, 5) is 26.0. The van der Waals surface area contributed by atoms with Crippen LogP contribution in [0.4, 0.5) is 0 Å². The van der Waals surface area contributed by atoms with E-state index in [0.717, 1.165) is 16.3 Å². The Kier molecular flexibility index (Phi) is 6.20. The standard InChI is InChI=1S/C24H26N4O2/c1-4-17(20(14-25)15-26)12-22(29)28-23(30)13-24(2,3)27(28)16-19-10-7-9-18-8-5-6-11-21(18)19/h5-11,17,20H,4,12-13,16H2,1-3H3/t17-/m0/s1. The Morgan fingerprint density at radius 1 is 1.13 bits per heavy atom. The maximum atomic E-state index is 13.2. The Morgan fingerprint density at radius 2 is 1.80 bits per heavy atom. The second-order valence-electron chi connectivity index (χ2n) is 8.39. The molecule has 154 valence electrons. The van der Waals surface area contributed by atoms with Gasteiger partial charge in [-0.25, -0.2) is 10.0 Å². The van der Waals surface area contributed by atoms with Crippen LogP contribution in [0.15, 0.2) is 42.5 Å². The molecule has 0 saturated carbocycles. The van der Waals surface area contributed by atoms with Crippen molar-refractivity contribution in [3.8, 4) is 12.1 Å². The summed E-state index contributed by atoms with van der Waals surface area (Å²) in [5.74, 6) is -1.86. The van der Waals surface area contributed by atoms with Crippen molar-refractivity contribution in [1.82, 2.24) is 10.0 Å². The number of carbonyl (C=O) groups is 2. The fourth-order valence-electron chi connectivity index (χ4n) is 4.14. The van der Waals surface area contributed by atoms with E-state index in [0.29, 0.717) is 13.0 Å². The summed E-state index contributed by atoms with van der Waals surface area (Å²) in [6, 6.07) is 18.0. The zero-order valence-electron chi connectivity index (χ0n) is 17.6. The first-order chi connectivity index (χ1) is 14.3. The molecule has 1 saturated heterocycles. The van der Waals surface area contributed by atoms with Crippen LogP contribution in [0.5, 0.6) is 0 Å². The molecular weight excluding hydrogens is 376 g/mol. The molecule has 0 spiro atoms. The maximum Gasteiger partial charge on any atom is 0.245 e. The first kappa shape index (κ1) is 21.5. The molecule has 1 fully saturated rings. The lowest BCUT2D eigenvalue weighted by molar-refractivity contribution is -0.161. The highest BCUT2D eigenvalue weighted by atomic mass is 16.2. The van der Waals surface area contributed by atoms with Gasteiger partial charge in [-0.05, 0) is 36.1 Å². The van der Waals surface area contributed by atoms with Crippen LogP contribution >= 0.6 is 0 Å². The molecular formula is C24H26N4O2. The highest BCUT2D eigenvalue weighted by Gasteiger charge is 2.47. The van der Waals surface area contributed by atoms with Crippen molar-refractivity contribution in [2.45, 2.75) is 52.1 Å². The molecule has 1 aliphatic heterocycles. The second-order valence-corrected chi connectivity index (χ2v) is 8.39. The molecule has 0 bridgehead atoms. The molecule has 1 atom stereocenters. The van der Waals surface area contributed by atoms with Crippen molar-refractivity contribution in [3.05, 3.63) is 48.0 Å². The number of hydrogen-bond donors (Lipinski definition) is 0. The van der Waals surface area contributed by atoms with Gasteiger partial charge in [-0.1, -0.05) is 55.8 Å². The number of nitrogens with zero attached hydrogens (tertiary/aromatic N) is 4. The minimum Gasteiger partial charge on any atom is -0.273 e. The third-order valence-corrected chi connectivity index (χ3v) is 5.91. The quantitative estimate of drug-likeness (QED) is 0.723. The van der Waals surface area contributed by atoms with Crippen LogP contribution in [-0.4, -0.2) is 27.4 Å². The molecule has 0 radical (unpaired) electrons. The van der Waals surface area contributed by atoms with E-state index in [1.807, 2.05) is 80.4 Å². The highest BCUT2D eigenvalue weighted by Crippen LogP contribution is 2.34. The monoisotopic (exact) mass is 402 g/mol. The van der Waals surface area contributed by atoms with Gasteiger partial charge < -0.3 is 0 Å². The minimum absolute atomic E-state index is 0.00383. The number of carbonyl (C=O) groups excluding carboxylic acids is 2. The lowest BCUT2D eigenvalue weighted by Gasteiger charge is -2.36. The molecule has 6 heteroatoms. The zero-order valence-corrected chi connectivity index (χ0v) is 17.6. The van der Waals surface area contributed by atoms with Crippen molar-refractivity contribution in [1.29, 1.82) is 10.5 Å². The molecule has 0 unspecified atom stereocenters. The fraction of sp³-hybridized carbons (Fsp3) is 0.417. The predicted molar refractivity (Wildman–Crippen MR) is 113 cm³/mol. The number of hydrazine groups is 1. The summed E-state index contributed by atoms with van der Waals surface area (Å²) >= 11 is 0. The van der Waals surface area contributed by atoms with Gasteiger partial charge in [-0.15, -0.1) is 0 Å². The number of imide groups is 1. The summed E-state index contributed by atoms with van der Waals surface area (Å²) in [7, 11) is 0. The maximum absolute atomic E-state index is 13.2. The van der Waals surface area contributed by atoms with Gasteiger partial charge in [0.25, 0.3) is 0 Å². The Bertz CT molecular complexity index is 1030. The Hall–Kier alpha value is -3.22. The van der Waals surface area contributed by atoms with Gasteiger partial charge in [0.2, 0.25) is 11.8 Å². The van der Waals surface area contributed by atoms with Crippen molar-refractivity contribution in [3.63, 3.8) is 0 Å². The molecule has 0 aromatic heterocycles. The average Bonchev–Trinajstić information content (AvgIpc) is 2.95. The number of nitriles is 2. The van der Waals surface area contributed by atoms with Crippen molar-refractivity contribution >= 4 is 22.6 Å². The number of hydrogen-bond acceptors (Lipinski definition) is 5. The second kappa shape index (κ2) is 8.65. The van der Waals surface area contributed by atoms with E-state index in [-0.39, 0.29) is 24.7 Å². The van der Waals surface area contributed by atoms with Crippen LogP contribution in [0.1, 0.15) is 45.6 Å². The van der Waals surface area contributed by atoms with Gasteiger partial charge in [-0.3, -0.25) is 9.59 Å². The van der Waals surface area contributed by atoms with Gasteiger partial charge in [0, 0.05) is 24.9 Å². The van der Waals surface area contributed by atoms with Crippen LogP contribution in [0.2, 0.25) is 0 Å². The van der Waals surface area contributed by atoms with Crippen LogP contribution in [0.3, 0.4) is 0 Å². The van der Waals surface area contributed by atoms with Crippen LogP contribution in [0.25, 0.3) is 10.8 Å². The highest BCUT2D eigenvalue weighted by molar-refractivity contribution is 5.97. The van der Waals surface area contributed by atoms with Crippen LogP contribution < -0.4 is 0 Å². The van der Waals surface area contributed by atoms with Gasteiger partial charge in [-0.2, -0.15) is 10.5 Å². The smallest absolute Gasteiger partial charge is 0.245 e. The lowest BCUT2D eigenvalue weighted by atomic mass is 9.89. The van der Waals surface area contributed by atoms with E-state index >= 15 is 0 Å². The predicted octanol–water partition coefficient (Wildman–Crippen LogP) is 4.17. The number of benzene rings is 2. The van der Waals surface area contributed by atoms with E-state index in [4.69, 9.17) is 0 Å². The summed E-state index contributed by atoms with van der Waals surface area (Å²) in [5, 5.41) is 23.7. The summed E-state index contributed by atoms with van der Waals surface area (Å²) in [6.45, 7) is 6.17. The lowest BCUT2D eigenvalue weighted by Crippen LogP contribution is -2.49. The van der Waals surface area contributed by atoms with Gasteiger partial charge in [0.15, 0.2) is 0 Å². The molecule has 2 amide bonds. The summed E-state index contributed by atoms with van der Waals surface area (Å²) in [6.07, 6.45) is 0.753. The van der Waals surface area contributed by atoms with Crippen LogP contribution in [-0.2, 0) is 16.1 Å². The van der Waals surface area contributed by atoms with Gasteiger partial charge in [0.05, 0.1) is 12.1 Å². The fourth-order valence-corrected chi connectivity index (χ4v) is 4.14. The molecule has 1 aliphatic rings. The van der Waals surface area contributed by atoms with E-state index in [1.165, 1.54) is 5.01 Å². The van der Waals surface area contributed by atoms with E-state index in [2.05, 4.69) is 0 Å².